The SMILES string of the molecule is COCC(CNCc1ccc(I)o1)OC. The van der Waals surface area contributed by atoms with Crippen LogP contribution in [0.5, 0.6) is 0 Å². The van der Waals surface area contributed by atoms with Gasteiger partial charge in [0, 0.05) is 20.8 Å². The predicted octanol–water partition coefficient (Wildman–Crippen LogP) is 1.64. The molecular formula is C10H16INO3. The van der Waals surface area contributed by atoms with Crippen LogP contribution in [-0.2, 0) is 16.0 Å². The number of methoxy groups -OCH3 is 2. The molecule has 0 aromatic carbocycles. The van der Waals surface area contributed by atoms with E-state index >= 15 is 0 Å². The molecule has 0 aliphatic heterocycles. The first-order valence-electron chi connectivity index (χ1n) is 4.73. The first-order chi connectivity index (χ1) is 7.26. The summed E-state index contributed by atoms with van der Waals surface area (Å²) in [7, 11) is 3.35. The van der Waals surface area contributed by atoms with Gasteiger partial charge in [0.1, 0.15) is 5.76 Å². The molecule has 1 aromatic heterocycles. The first-order valence-corrected chi connectivity index (χ1v) is 5.80. The molecule has 0 saturated heterocycles. The zero-order valence-corrected chi connectivity index (χ0v) is 11.1. The number of furan rings is 1. The minimum atomic E-state index is 0.0871. The lowest BCUT2D eigenvalue weighted by Crippen LogP contribution is -2.31. The van der Waals surface area contributed by atoms with Gasteiger partial charge in [-0.1, -0.05) is 0 Å². The van der Waals surface area contributed by atoms with E-state index in [1.165, 1.54) is 0 Å². The van der Waals surface area contributed by atoms with E-state index in [0.717, 1.165) is 16.1 Å². The van der Waals surface area contributed by atoms with Crippen LogP contribution in [0.15, 0.2) is 16.5 Å². The second-order valence-corrected chi connectivity index (χ2v) is 4.21. The maximum absolute atomic E-state index is 5.41. The average molecular weight is 325 g/mol. The minimum Gasteiger partial charge on any atom is -0.454 e. The van der Waals surface area contributed by atoms with Gasteiger partial charge >= 0.3 is 0 Å². The van der Waals surface area contributed by atoms with Crippen molar-refractivity contribution in [3.05, 3.63) is 21.7 Å². The highest BCUT2D eigenvalue weighted by Gasteiger charge is 2.06. The lowest BCUT2D eigenvalue weighted by molar-refractivity contribution is 0.0285. The summed E-state index contributed by atoms with van der Waals surface area (Å²) < 4.78 is 16.5. The van der Waals surface area contributed by atoms with E-state index in [9.17, 15) is 0 Å². The summed E-state index contributed by atoms with van der Waals surface area (Å²) in [6.45, 7) is 2.06. The van der Waals surface area contributed by atoms with Gasteiger partial charge in [-0.05, 0) is 34.7 Å². The highest BCUT2D eigenvalue weighted by molar-refractivity contribution is 14.1. The zero-order valence-electron chi connectivity index (χ0n) is 8.96. The van der Waals surface area contributed by atoms with Crippen LogP contribution in [-0.4, -0.2) is 33.5 Å². The van der Waals surface area contributed by atoms with Gasteiger partial charge in [0.05, 0.1) is 19.3 Å². The lowest BCUT2D eigenvalue weighted by atomic mass is 10.3. The van der Waals surface area contributed by atoms with Crippen molar-refractivity contribution in [2.24, 2.45) is 0 Å². The Labute approximate surface area is 103 Å². The van der Waals surface area contributed by atoms with Gasteiger partial charge in [-0.15, -0.1) is 0 Å². The van der Waals surface area contributed by atoms with Gasteiger partial charge in [-0.2, -0.15) is 0 Å². The van der Waals surface area contributed by atoms with Crippen molar-refractivity contribution in [2.45, 2.75) is 12.6 Å². The maximum atomic E-state index is 5.41. The molecule has 86 valence electrons. The van der Waals surface area contributed by atoms with Crippen molar-refractivity contribution in [1.82, 2.24) is 5.32 Å². The summed E-state index contributed by atoms with van der Waals surface area (Å²) in [4.78, 5) is 0. The molecule has 1 heterocycles. The van der Waals surface area contributed by atoms with Crippen LogP contribution in [0.4, 0.5) is 0 Å². The van der Waals surface area contributed by atoms with Gasteiger partial charge in [0.2, 0.25) is 0 Å². The molecule has 1 aromatic rings. The van der Waals surface area contributed by atoms with Crippen molar-refractivity contribution < 1.29 is 13.9 Å². The quantitative estimate of drug-likeness (QED) is 0.774. The van der Waals surface area contributed by atoms with Crippen LogP contribution in [0.25, 0.3) is 0 Å². The molecule has 0 spiro atoms. The Bertz CT molecular complexity index is 277. The fraction of sp³-hybridized carbons (Fsp3) is 0.600. The standard InChI is InChI=1S/C10H16INO3/c1-13-7-9(14-2)6-12-5-8-3-4-10(11)15-8/h3-4,9,12H,5-7H2,1-2H3. The summed E-state index contributed by atoms with van der Waals surface area (Å²) in [6, 6.07) is 3.91. The second-order valence-electron chi connectivity index (χ2n) is 3.15. The summed E-state index contributed by atoms with van der Waals surface area (Å²) in [5.41, 5.74) is 0. The molecule has 0 aliphatic carbocycles. The fourth-order valence-corrected chi connectivity index (χ4v) is 1.66. The number of halogens is 1. The van der Waals surface area contributed by atoms with Crippen LogP contribution >= 0.6 is 22.6 Å². The third-order valence-electron chi connectivity index (χ3n) is 1.99. The number of hydrogen-bond donors (Lipinski definition) is 1. The van der Waals surface area contributed by atoms with E-state index in [1.54, 1.807) is 14.2 Å². The van der Waals surface area contributed by atoms with E-state index in [1.807, 2.05) is 12.1 Å². The second kappa shape index (κ2) is 7.21. The van der Waals surface area contributed by atoms with Gasteiger partial charge in [0.15, 0.2) is 3.77 Å². The van der Waals surface area contributed by atoms with Crippen LogP contribution in [0, 0.1) is 3.77 Å². The molecule has 0 amide bonds. The van der Waals surface area contributed by atoms with Crippen molar-refractivity contribution in [2.75, 3.05) is 27.4 Å². The molecule has 0 saturated carbocycles. The topological polar surface area (TPSA) is 43.6 Å². The van der Waals surface area contributed by atoms with Crippen molar-refractivity contribution in [3.63, 3.8) is 0 Å². The highest BCUT2D eigenvalue weighted by atomic mass is 127. The molecule has 4 nitrogen and oxygen atoms in total. The Morgan fingerprint density at radius 3 is 2.80 bits per heavy atom. The fourth-order valence-electron chi connectivity index (χ4n) is 1.20. The van der Waals surface area contributed by atoms with Gasteiger partial charge in [-0.3, -0.25) is 0 Å². The van der Waals surface area contributed by atoms with E-state index in [-0.39, 0.29) is 6.10 Å². The largest absolute Gasteiger partial charge is 0.454 e. The molecule has 5 heteroatoms. The molecule has 0 radical (unpaired) electrons. The summed E-state index contributed by atoms with van der Waals surface area (Å²) in [5.74, 6) is 0.937. The van der Waals surface area contributed by atoms with E-state index in [2.05, 4.69) is 27.9 Å². The molecule has 1 unspecified atom stereocenters. The average Bonchev–Trinajstić information content (AvgIpc) is 2.63. The van der Waals surface area contributed by atoms with E-state index in [0.29, 0.717) is 13.2 Å². The van der Waals surface area contributed by atoms with Crippen molar-refractivity contribution in [1.29, 1.82) is 0 Å². The Balaban J connectivity index is 2.20. The first kappa shape index (κ1) is 13.0. The summed E-state index contributed by atoms with van der Waals surface area (Å²) in [5, 5.41) is 3.25. The van der Waals surface area contributed by atoms with Crippen LogP contribution in [0.3, 0.4) is 0 Å². The van der Waals surface area contributed by atoms with Gasteiger partial charge in [0.25, 0.3) is 0 Å². The summed E-state index contributed by atoms with van der Waals surface area (Å²) >= 11 is 2.15. The number of nitrogens with one attached hydrogen (secondary N) is 1. The molecule has 0 bridgehead atoms. The molecule has 1 N–H and O–H groups in total. The summed E-state index contributed by atoms with van der Waals surface area (Å²) in [6.07, 6.45) is 0.0871. The number of rotatable bonds is 7. The van der Waals surface area contributed by atoms with Crippen molar-refractivity contribution in [3.8, 4) is 0 Å². The van der Waals surface area contributed by atoms with Crippen molar-refractivity contribution >= 4 is 22.6 Å². The van der Waals surface area contributed by atoms with Crippen LogP contribution < -0.4 is 5.32 Å². The normalized spacial score (nSPS) is 13.0. The Morgan fingerprint density at radius 2 is 2.27 bits per heavy atom. The molecule has 1 rings (SSSR count). The zero-order chi connectivity index (χ0) is 11.1. The lowest BCUT2D eigenvalue weighted by Gasteiger charge is -2.14. The maximum Gasteiger partial charge on any atom is 0.164 e. The van der Waals surface area contributed by atoms with Crippen LogP contribution in [0.1, 0.15) is 5.76 Å². The van der Waals surface area contributed by atoms with Crippen LogP contribution in [0.2, 0.25) is 0 Å². The molecular weight excluding hydrogens is 309 g/mol. The monoisotopic (exact) mass is 325 g/mol. The minimum absolute atomic E-state index is 0.0871. The van der Waals surface area contributed by atoms with Gasteiger partial charge < -0.3 is 19.2 Å². The Kier molecular flexibility index (Phi) is 6.23. The Hall–Kier alpha value is -0.110. The smallest absolute Gasteiger partial charge is 0.164 e. The molecule has 0 aliphatic rings. The predicted molar refractivity (Wildman–Crippen MR) is 65.8 cm³/mol. The number of hydrogen-bond acceptors (Lipinski definition) is 4. The molecule has 0 fully saturated rings. The Morgan fingerprint density at radius 1 is 1.47 bits per heavy atom. The highest BCUT2D eigenvalue weighted by Crippen LogP contribution is 2.09. The molecule has 1 atom stereocenters. The third-order valence-corrected chi connectivity index (χ3v) is 2.57. The van der Waals surface area contributed by atoms with E-state index in [4.69, 9.17) is 13.9 Å². The van der Waals surface area contributed by atoms with E-state index < -0.39 is 0 Å². The third kappa shape index (κ3) is 4.96. The number of ether oxygens (including phenoxy) is 2. The van der Waals surface area contributed by atoms with Gasteiger partial charge in [-0.25, -0.2) is 0 Å². The molecule has 15 heavy (non-hydrogen) atoms.